The summed E-state index contributed by atoms with van der Waals surface area (Å²) in [7, 11) is 1.85. The molecule has 0 saturated carbocycles. The molecule has 4 nitrogen and oxygen atoms in total. The number of amides is 1. The Bertz CT molecular complexity index is 450. The number of rotatable bonds is 2. The minimum Gasteiger partial charge on any atom is -0.398 e. The Balaban J connectivity index is 2.08. The molecule has 1 fully saturated rings. The van der Waals surface area contributed by atoms with E-state index in [9.17, 15) is 4.79 Å². The van der Waals surface area contributed by atoms with Gasteiger partial charge in [-0.1, -0.05) is 11.6 Å². The van der Waals surface area contributed by atoms with E-state index < -0.39 is 0 Å². The Labute approximate surface area is 112 Å². The maximum Gasteiger partial charge on any atom is 0.236 e. The van der Waals surface area contributed by atoms with Crippen molar-refractivity contribution < 1.29 is 4.79 Å². The number of carbonyl (C=O) groups is 1. The first kappa shape index (κ1) is 13.2. The van der Waals surface area contributed by atoms with E-state index in [-0.39, 0.29) is 5.91 Å². The van der Waals surface area contributed by atoms with Crippen molar-refractivity contribution in [2.75, 3.05) is 32.4 Å². The number of nitrogen functional groups attached to an aromatic ring is 1. The number of likely N-dealkylation sites (N-methyl/N-ethyl adjacent to an activating group) is 1. The number of anilines is 1. The zero-order chi connectivity index (χ0) is 13.1. The quantitative estimate of drug-likeness (QED) is 0.828. The van der Waals surface area contributed by atoms with Gasteiger partial charge in [-0.05, 0) is 30.2 Å². The van der Waals surface area contributed by atoms with Crippen LogP contribution in [0, 0.1) is 0 Å². The van der Waals surface area contributed by atoms with Gasteiger partial charge in [-0.2, -0.15) is 0 Å². The van der Waals surface area contributed by atoms with Crippen LogP contribution >= 0.6 is 11.6 Å². The summed E-state index contributed by atoms with van der Waals surface area (Å²) in [6.45, 7) is 2.84. The van der Waals surface area contributed by atoms with Crippen LogP contribution in [0.5, 0.6) is 0 Å². The van der Waals surface area contributed by atoms with Crippen LogP contribution in [-0.2, 0) is 11.3 Å². The number of nitrogens with zero attached hydrogens (tertiary/aromatic N) is 2. The summed E-state index contributed by atoms with van der Waals surface area (Å²) in [5.74, 6) is 0.160. The van der Waals surface area contributed by atoms with E-state index in [1.807, 2.05) is 19.2 Å². The van der Waals surface area contributed by atoms with Crippen molar-refractivity contribution in [1.29, 1.82) is 0 Å². The fraction of sp³-hybridized carbons (Fsp3) is 0.462. The van der Waals surface area contributed by atoms with E-state index in [0.29, 0.717) is 18.1 Å². The van der Waals surface area contributed by atoms with Crippen molar-refractivity contribution in [1.82, 2.24) is 9.80 Å². The lowest BCUT2D eigenvalue weighted by Gasteiger charge is -2.20. The SMILES string of the molecule is CN1CCCN(Cc2cc(Cl)ccc2N)CC1=O. The monoisotopic (exact) mass is 267 g/mol. The van der Waals surface area contributed by atoms with Crippen molar-refractivity contribution >= 4 is 23.2 Å². The highest BCUT2D eigenvalue weighted by Gasteiger charge is 2.19. The van der Waals surface area contributed by atoms with Crippen LogP contribution in [0.4, 0.5) is 5.69 Å². The summed E-state index contributed by atoms with van der Waals surface area (Å²) in [5.41, 5.74) is 7.64. The lowest BCUT2D eigenvalue weighted by molar-refractivity contribution is -0.129. The molecule has 1 saturated heterocycles. The van der Waals surface area contributed by atoms with Gasteiger partial charge in [-0.3, -0.25) is 9.69 Å². The smallest absolute Gasteiger partial charge is 0.236 e. The third-order valence-electron chi connectivity index (χ3n) is 3.25. The minimum absolute atomic E-state index is 0.160. The third-order valence-corrected chi connectivity index (χ3v) is 3.49. The second kappa shape index (κ2) is 5.59. The molecule has 5 heteroatoms. The van der Waals surface area contributed by atoms with Gasteiger partial charge >= 0.3 is 0 Å². The molecule has 0 aromatic heterocycles. The van der Waals surface area contributed by atoms with Gasteiger partial charge in [0.25, 0.3) is 0 Å². The second-order valence-electron chi connectivity index (χ2n) is 4.72. The average molecular weight is 268 g/mol. The maximum absolute atomic E-state index is 11.8. The highest BCUT2D eigenvalue weighted by Crippen LogP contribution is 2.20. The molecular weight excluding hydrogens is 250 g/mol. The fourth-order valence-electron chi connectivity index (χ4n) is 2.13. The van der Waals surface area contributed by atoms with Crippen LogP contribution in [0.2, 0.25) is 5.02 Å². The standard InChI is InChI=1S/C13H18ClN3O/c1-16-5-2-6-17(9-13(16)18)8-10-7-11(14)3-4-12(10)15/h3-4,7H,2,5-6,8-9,15H2,1H3. The first-order valence-electron chi connectivity index (χ1n) is 6.06. The molecule has 98 valence electrons. The molecule has 1 aromatic rings. The molecule has 18 heavy (non-hydrogen) atoms. The van der Waals surface area contributed by atoms with E-state index in [4.69, 9.17) is 17.3 Å². The van der Waals surface area contributed by atoms with Crippen molar-refractivity contribution in [3.8, 4) is 0 Å². The Hall–Kier alpha value is -1.26. The Morgan fingerprint density at radius 2 is 2.17 bits per heavy atom. The topological polar surface area (TPSA) is 49.6 Å². The molecule has 1 aromatic carbocycles. The summed E-state index contributed by atoms with van der Waals surface area (Å²) in [6, 6.07) is 5.46. The van der Waals surface area contributed by atoms with Gasteiger partial charge in [-0.15, -0.1) is 0 Å². The van der Waals surface area contributed by atoms with Crippen LogP contribution in [0.3, 0.4) is 0 Å². The largest absolute Gasteiger partial charge is 0.398 e. The first-order chi connectivity index (χ1) is 8.56. The zero-order valence-corrected chi connectivity index (χ0v) is 11.3. The van der Waals surface area contributed by atoms with Crippen LogP contribution in [0.25, 0.3) is 0 Å². The van der Waals surface area contributed by atoms with Crippen molar-refractivity contribution in [3.05, 3.63) is 28.8 Å². The van der Waals surface area contributed by atoms with E-state index in [1.165, 1.54) is 0 Å². The van der Waals surface area contributed by atoms with Gasteiger partial charge in [0, 0.05) is 37.4 Å². The van der Waals surface area contributed by atoms with Crippen LogP contribution < -0.4 is 5.73 Å². The van der Waals surface area contributed by atoms with Crippen LogP contribution in [-0.4, -0.2) is 42.4 Å². The van der Waals surface area contributed by atoms with Gasteiger partial charge in [-0.25, -0.2) is 0 Å². The summed E-state index contributed by atoms with van der Waals surface area (Å²) >= 11 is 5.97. The lowest BCUT2D eigenvalue weighted by Crippen LogP contribution is -2.34. The van der Waals surface area contributed by atoms with Gasteiger partial charge in [0.15, 0.2) is 0 Å². The molecule has 0 bridgehead atoms. The molecule has 2 N–H and O–H groups in total. The molecule has 1 amide bonds. The molecule has 0 atom stereocenters. The summed E-state index contributed by atoms with van der Waals surface area (Å²) in [6.07, 6.45) is 0.989. The molecule has 1 heterocycles. The zero-order valence-electron chi connectivity index (χ0n) is 10.5. The molecular formula is C13H18ClN3O. The van der Waals surface area contributed by atoms with Crippen molar-refractivity contribution in [2.45, 2.75) is 13.0 Å². The normalized spacial score (nSPS) is 17.9. The van der Waals surface area contributed by atoms with Crippen molar-refractivity contribution in [3.63, 3.8) is 0 Å². The number of hydrogen-bond donors (Lipinski definition) is 1. The van der Waals surface area contributed by atoms with Crippen molar-refractivity contribution in [2.24, 2.45) is 0 Å². The van der Waals surface area contributed by atoms with E-state index in [0.717, 1.165) is 30.8 Å². The van der Waals surface area contributed by atoms with Crippen LogP contribution in [0.1, 0.15) is 12.0 Å². The predicted molar refractivity (Wildman–Crippen MR) is 73.4 cm³/mol. The van der Waals surface area contributed by atoms with E-state index in [2.05, 4.69) is 4.90 Å². The first-order valence-corrected chi connectivity index (χ1v) is 6.44. The molecule has 2 rings (SSSR count). The second-order valence-corrected chi connectivity index (χ2v) is 5.16. The fourth-order valence-corrected chi connectivity index (χ4v) is 2.33. The highest BCUT2D eigenvalue weighted by molar-refractivity contribution is 6.30. The number of halogens is 1. The number of benzene rings is 1. The summed E-state index contributed by atoms with van der Waals surface area (Å²) in [4.78, 5) is 15.7. The van der Waals surface area contributed by atoms with Gasteiger partial charge < -0.3 is 10.6 Å². The lowest BCUT2D eigenvalue weighted by atomic mass is 10.1. The van der Waals surface area contributed by atoms with Crippen LogP contribution in [0.15, 0.2) is 18.2 Å². The van der Waals surface area contributed by atoms with Gasteiger partial charge in [0.2, 0.25) is 5.91 Å². The Morgan fingerprint density at radius 1 is 1.39 bits per heavy atom. The predicted octanol–water partition coefficient (Wildman–Crippen LogP) is 1.59. The van der Waals surface area contributed by atoms with Gasteiger partial charge in [0.1, 0.15) is 0 Å². The molecule has 0 aliphatic carbocycles. The maximum atomic E-state index is 11.8. The molecule has 0 radical (unpaired) electrons. The average Bonchev–Trinajstić information content (AvgIpc) is 2.47. The van der Waals surface area contributed by atoms with Gasteiger partial charge in [0.05, 0.1) is 6.54 Å². The molecule has 1 aliphatic rings. The molecule has 0 spiro atoms. The Morgan fingerprint density at radius 3 is 2.94 bits per heavy atom. The highest BCUT2D eigenvalue weighted by atomic mass is 35.5. The van der Waals surface area contributed by atoms with E-state index in [1.54, 1.807) is 11.0 Å². The minimum atomic E-state index is 0.160. The Kier molecular flexibility index (Phi) is 4.09. The number of nitrogens with two attached hydrogens (primary N) is 1. The van der Waals surface area contributed by atoms with E-state index >= 15 is 0 Å². The molecule has 1 aliphatic heterocycles. The molecule has 0 unspecified atom stereocenters. The summed E-state index contributed by atoms with van der Waals surface area (Å²) < 4.78 is 0. The number of hydrogen-bond acceptors (Lipinski definition) is 3. The third kappa shape index (κ3) is 3.15. The summed E-state index contributed by atoms with van der Waals surface area (Å²) in [5, 5.41) is 0.678. The number of carbonyl (C=O) groups excluding carboxylic acids is 1.